The van der Waals surface area contributed by atoms with Crippen LogP contribution in [0.1, 0.15) is 23.1 Å². The van der Waals surface area contributed by atoms with Crippen molar-refractivity contribution in [1.29, 1.82) is 0 Å². The van der Waals surface area contributed by atoms with E-state index in [0.29, 0.717) is 11.3 Å². The lowest BCUT2D eigenvalue weighted by atomic mass is 9.57. The van der Waals surface area contributed by atoms with Crippen molar-refractivity contribution in [2.24, 2.45) is 17.6 Å². The van der Waals surface area contributed by atoms with Crippen LogP contribution in [-0.4, -0.2) is 88.7 Å². The first-order valence-corrected chi connectivity index (χ1v) is 13.9. The number of nitrogens with two attached hydrogens (primary N) is 1. The van der Waals surface area contributed by atoms with Gasteiger partial charge in [0.15, 0.2) is 17.1 Å². The third-order valence-corrected chi connectivity index (χ3v) is 8.65. The molecular weight excluding hydrogens is 572 g/mol. The van der Waals surface area contributed by atoms with E-state index in [2.05, 4.69) is 5.32 Å². The van der Waals surface area contributed by atoms with Crippen molar-refractivity contribution < 1.29 is 44.3 Å². The van der Waals surface area contributed by atoms with Crippen LogP contribution in [0.15, 0.2) is 47.2 Å². The Labute approximate surface area is 252 Å². The molecule has 13 heteroatoms. The molecule has 1 fully saturated rings. The average molecular weight is 607 g/mol. The number of ketones is 2. The molecule has 0 aromatic heterocycles. The van der Waals surface area contributed by atoms with E-state index < -0.39 is 69.9 Å². The fourth-order valence-electron chi connectivity index (χ4n) is 6.63. The maximum Gasteiger partial charge on any atom is 0.417 e. The zero-order chi connectivity index (χ0) is 32.4. The monoisotopic (exact) mass is 606 g/mol. The number of aliphatic hydroxyl groups excluding tert-OH is 2. The van der Waals surface area contributed by atoms with E-state index in [4.69, 9.17) is 10.5 Å². The largest absolute Gasteiger partial charge is 0.508 e. The predicted octanol–water partition coefficient (Wildman–Crippen LogP) is 1.95. The normalized spacial score (nSPS) is 24.5. The highest BCUT2D eigenvalue weighted by Gasteiger charge is 2.64. The topological polar surface area (TPSA) is 203 Å². The summed E-state index contributed by atoms with van der Waals surface area (Å²) in [5.41, 5.74) is 3.08. The van der Waals surface area contributed by atoms with Crippen LogP contribution in [0.25, 0.3) is 5.76 Å². The number of likely N-dealkylation sites (N-methyl/N-ethyl adjacent to an activating group) is 1. The molecule has 0 saturated heterocycles. The smallest absolute Gasteiger partial charge is 0.417 e. The number of nitrogens with one attached hydrogen (secondary N) is 1. The Morgan fingerprint density at radius 3 is 2.27 bits per heavy atom. The number of fused-ring (bicyclic) bond motifs is 3. The van der Waals surface area contributed by atoms with Gasteiger partial charge in [-0.2, -0.15) is 0 Å². The van der Waals surface area contributed by atoms with Gasteiger partial charge in [-0.15, -0.1) is 0 Å². The van der Waals surface area contributed by atoms with Crippen LogP contribution in [0.2, 0.25) is 0 Å². The number of phenols is 1. The molecule has 5 rings (SSSR count). The molecule has 1 saturated carbocycles. The molecule has 0 bridgehead atoms. The second-order valence-electron chi connectivity index (χ2n) is 11.8. The molecule has 0 spiro atoms. The number of aliphatic hydroxyl groups is 3. The van der Waals surface area contributed by atoms with Crippen LogP contribution >= 0.6 is 0 Å². The standard InChI is InChI=1S/C31H34N4O9/c1-13-6-8-15(9-7-13)44-30(42)33-18-12-19(34(2)3)16-10-14-11-17-23(35(4)5)26(38)22(29(32)41)28(40)31(17,43)27(39)20(14)25(37)21(16)24(18)36/h6-9,12,14,17,23,36-37,40,43H,10-11H2,1-5H3,(H2,32,41)(H,33,42)/t14-,17-,23-,31-/m0/s1. The third kappa shape index (κ3) is 4.55. The summed E-state index contributed by atoms with van der Waals surface area (Å²) in [5, 5.41) is 48.2. The van der Waals surface area contributed by atoms with Crippen molar-refractivity contribution >= 4 is 40.7 Å². The van der Waals surface area contributed by atoms with Gasteiger partial charge in [-0.1, -0.05) is 17.7 Å². The minimum absolute atomic E-state index is 0.0394. The number of Topliss-reactive ketones (excluding diaryl/α,β-unsaturated/α-hetero) is 2. The molecule has 44 heavy (non-hydrogen) atoms. The summed E-state index contributed by atoms with van der Waals surface area (Å²) in [6, 6.07) is 7.04. The summed E-state index contributed by atoms with van der Waals surface area (Å²) >= 11 is 0. The van der Waals surface area contributed by atoms with Crippen LogP contribution in [0.4, 0.5) is 16.2 Å². The number of rotatable bonds is 5. The Balaban J connectivity index is 1.63. The van der Waals surface area contributed by atoms with E-state index in [1.807, 2.05) is 6.92 Å². The van der Waals surface area contributed by atoms with Gasteiger partial charge in [0.2, 0.25) is 5.78 Å². The van der Waals surface area contributed by atoms with Gasteiger partial charge in [0.05, 0.1) is 17.3 Å². The fourth-order valence-corrected chi connectivity index (χ4v) is 6.63. The van der Waals surface area contributed by atoms with E-state index in [0.717, 1.165) is 5.56 Å². The van der Waals surface area contributed by atoms with Crippen LogP contribution in [-0.2, 0) is 20.8 Å². The zero-order valence-corrected chi connectivity index (χ0v) is 24.8. The summed E-state index contributed by atoms with van der Waals surface area (Å²) in [6.45, 7) is 1.88. The van der Waals surface area contributed by atoms with Crippen LogP contribution in [0, 0.1) is 18.8 Å². The number of aromatic hydroxyl groups is 1. The summed E-state index contributed by atoms with van der Waals surface area (Å²) in [6.07, 6.45) is -0.859. The first-order valence-electron chi connectivity index (χ1n) is 13.9. The number of anilines is 2. The molecule has 2 amide bonds. The number of amides is 2. The van der Waals surface area contributed by atoms with Crippen LogP contribution in [0.5, 0.6) is 11.5 Å². The van der Waals surface area contributed by atoms with Crippen molar-refractivity contribution in [2.75, 3.05) is 38.4 Å². The minimum Gasteiger partial charge on any atom is -0.508 e. The van der Waals surface area contributed by atoms with Crippen LogP contribution in [0.3, 0.4) is 0 Å². The lowest BCUT2D eigenvalue weighted by molar-refractivity contribution is -0.153. The van der Waals surface area contributed by atoms with Crippen molar-refractivity contribution in [3.8, 4) is 11.5 Å². The first kappa shape index (κ1) is 30.6. The summed E-state index contributed by atoms with van der Waals surface area (Å²) < 4.78 is 5.32. The van der Waals surface area contributed by atoms with Crippen LogP contribution < -0.4 is 20.7 Å². The van der Waals surface area contributed by atoms with Gasteiger partial charge in [0.25, 0.3) is 5.91 Å². The number of carbonyl (C=O) groups is 4. The molecule has 2 aromatic rings. The maximum atomic E-state index is 14.1. The molecule has 232 valence electrons. The van der Waals surface area contributed by atoms with E-state index in [9.17, 15) is 39.6 Å². The number of phenolic OH excluding ortho intramolecular Hbond substituents is 1. The zero-order valence-electron chi connectivity index (χ0n) is 24.8. The molecule has 13 nitrogen and oxygen atoms in total. The molecule has 2 aromatic carbocycles. The fraction of sp³-hybridized carbons (Fsp3) is 0.355. The van der Waals surface area contributed by atoms with Gasteiger partial charge in [-0.05, 0) is 63.5 Å². The van der Waals surface area contributed by atoms with E-state index in [-0.39, 0.29) is 35.4 Å². The number of hydrogen-bond donors (Lipinski definition) is 6. The number of primary amides is 1. The van der Waals surface area contributed by atoms with Crippen molar-refractivity contribution in [3.05, 3.63) is 63.9 Å². The number of benzene rings is 2. The van der Waals surface area contributed by atoms with Gasteiger partial charge in [0.1, 0.15) is 22.8 Å². The third-order valence-electron chi connectivity index (χ3n) is 8.65. The van der Waals surface area contributed by atoms with Crippen molar-refractivity contribution in [2.45, 2.75) is 31.4 Å². The van der Waals surface area contributed by atoms with E-state index >= 15 is 0 Å². The maximum absolute atomic E-state index is 14.1. The van der Waals surface area contributed by atoms with E-state index in [1.54, 1.807) is 43.3 Å². The Hall–Kier alpha value is -4.88. The quantitative estimate of drug-likeness (QED) is 0.214. The lowest BCUT2D eigenvalue weighted by Gasteiger charge is -2.50. The van der Waals surface area contributed by atoms with Gasteiger partial charge in [-0.25, -0.2) is 4.79 Å². The number of aryl methyl sites for hydroxylation is 1. The van der Waals surface area contributed by atoms with Gasteiger partial charge in [0, 0.05) is 31.3 Å². The van der Waals surface area contributed by atoms with Gasteiger partial charge >= 0.3 is 6.09 Å². The highest BCUT2D eigenvalue weighted by molar-refractivity contribution is 6.24. The number of hydrogen-bond acceptors (Lipinski definition) is 11. The Kier molecular flexibility index (Phi) is 7.42. The Bertz CT molecular complexity index is 1680. The Morgan fingerprint density at radius 1 is 1.07 bits per heavy atom. The minimum atomic E-state index is -2.75. The molecule has 0 radical (unpaired) electrons. The average Bonchev–Trinajstić information content (AvgIpc) is 2.93. The Morgan fingerprint density at radius 2 is 1.70 bits per heavy atom. The van der Waals surface area contributed by atoms with Crippen molar-refractivity contribution in [3.63, 3.8) is 0 Å². The molecule has 4 atom stereocenters. The SMILES string of the molecule is Cc1ccc(OC(=O)Nc2cc(N(C)C)c3c(c2O)C(O)=C2C(=O)[C@]4(O)C(O)=C(C(N)=O)C(=O)[C@@H](N(C)C)[C@@H]4C[C@@H]2C3)cc1. The number of ether oxygens (including phenoxy) is 1. The first-order chi connectivity index (χ1) is 20.6. The number of carbonyl (C=O) groups excluding carboxylic acids is 4. The second kappa shape index (κ2) is 10.7. The molecule has 0 aliphatic heterocycles. The predicted molar refractivity (Wildman–Crippen MR) is 159 cm³/mol. The summed E-state index contributed by atoms with van der Waals surface area (Å²) in [5.74, 6) is -7.31. The number of nitrogens with zero attached hydrogens (tertiary/aromatic N) is 2. The van der Waals surface area contributed by atoms with Gasteiger partial charge < -0.3 is 35.8 Å². The van der Waals surface area contributed by atoms with Gasteiger partial charge in [-0.3, -0.25) is 24.6 Å². The second-order valence-corrected chi connectivity index (χ2v) is 11.8. The molecule has 7 N–H and O–H groups in total. The van der Waals surface area contributed by atoms with E-state index in [1.165, 1.54) is 25.1 Å². The summed E-state index contributed by atoms with van der Waals surface area (Å²) in [4.78, 5) is 55.4. The molecule has 0 unspecified atom stereocenters. The molecule has 3 aliphatic carbocycles. The molecular formula is C31H34N4O9. The highest BCUT2D eigenvalue weighted by Crippen LogP contribution is 2.54. The lowest BCUT2D eigenvalue weighted by Crippen LogP contribution is -2.65. The molecule has 3 aliphatic rings. The summed E-state index contributed by atoms with van der Waals surface area (Å²) in [7, 11) is 6.51. The molecule has 0 heterocycles. The highest BCUT2D eigenvalue weighted by atomic mass is 16.6. The van der Waals surface area contributed by atoms with Crippen molar-refractivity contribution in [1.82, 2.24) is 4.90 Å².